The highest BCUT2D eigenvalue weighted by Crippen LogP contribution is 2.24. The van der Waals surface area contributed by atoms with Gasteiger partial charge in [0.1, 0.15) is 0 Å². The molecule has 1 aliphatic rings. The Bertz CT molecular complexity index is 145. The second-order valence-corrected chi connectivity index (χ2v) is 3.86. The number of nitrogens with zero attached hydrogens (tertiary/aromatic N) is 1. The van der Waals surface area contributed by atoms with Crippen molar-refractivity contribution in [1.29, 1.82) is 0 Å². The van der Waals surface area contributed by atoms with Crippen LogP contribution in [0, 0.1) is 5.92 Å². The number of nitrogens with two attached hydrogens (primary N) is 1. The Morgan fingerprint density at radius 1 is 1.58 bits per heavy atom. The van der Waals surface area contributed by atoms with Gasteiger partial charge in [0.05, 0.1) is 0 Å². The average molecular weight is 168 g/mol. The zero-order valence-electron chi connectivity index (χ0n) is 8.00. The van der Waals surface area contributed by atoms with E-state index in [4.69, 9.17) is 5.73 Å². The molecule has 0 aliphatic heterocycles. The van der Waals surface area contributed by atoms with Crippen LogP contribution in [0.2, 0.25) is 0 Å². The van der Waals surface area contributed by atoms with E-state index in [0.29, 0.717) is 6.04 Å². The standard InChI is InChI=1S/C10H20N2/c1-3-7-12(2)8-9-5-4-6-10(9)11/h3,9-10H,1,4-8,11H2,2H3. The topological polar surface area (TPSA) is 29.3 Å². The number of rotatable bonds is 4. The minimum atomic E-state index is 0.442. The van der Waals surface area contributed by atoms with Gasteiger partial charge in [-0.2, -0.15) is 0 Å². The van der Waals surface area contributed by atoms with Gasteiger partial charge in [0, 0.05) is 19.1 Å². The largest absolute Gasteiger partial charge is 0.327 e. The van der Waals surface area contributed by atoms with Gasteiger partial charge in [-0.05, 0) is 25.8 Å². The molecule has 1 fully saturated rings. The van der Waals surface area contributed by atoms with Crippen LogP contribution in [0.1, 0.15) is 19.3 Å². The van der Waals surface area contributed by atoms with Gasteiger partial charge >= 0.3 is 0 Å². The zero-order valence-corrected chi connectivity index (χ0v) is 8.00. The van der Waals surface area contributed by atoms with Crippen molar-refractivity contribution in [3.8, 4) is 0 Å². The van der Waals surface area contributed by atoms with E-state index in [-0.39, 0.29) is 0 Å². The number of likely N-dealkylation sites (N-methyl/N-ethyl adjacent to an activating group) is 1. The maximum atomic E-state index is 5.97. The van der Waals surface area contributed by atoms with Crippen molar-refractivity contribution < 1.29 is 0 Å². The first-order valence-electron chi connectivity index (χ1n) is 4.79. The van der Waals surface area contributed by atoms with Gasteiger partial charge in [0.25, 0.3) is 0 Å². The molecule has 1 aliphatic carbocycles. The molecule has 0 aromatic carbocycles. The van der Waals surface area contributed by atoms with Crippen molar-refractivity contribution in [2.75, 3.05) is 20.1 Å². The fourth-order valence-corrected chi connectivity index (χ4v) is 1.99. The van der Waals surface area contributed by atoms with Crippen LogP contribution in [0.15, 0.2) is 12.7 Å². The van der Waals surface area contributed by atoms with Gasteiger partial charge in [-0.3, -0.25) is 0 Å². The van der Waals surface area contributed by atoms with Crippen molar-refractivity contribution in [2.45, 2.75) is 25.3 Å². The summed E-state index contributed by atoms with van der Waals surface area (Å²) in [6, 6.07) is 0.442. The number of hydrogen-bond donors (Lipinski definition) is 1. The van der Waals surface area contributed by atoms with Crippen LogP contribution >= 0.6 is 0 Å². The number of hydrogen-bond acceptors (Lipinski definition) is 2. The summed E-state index contributed by atoms with van der Waals surface area (Å²) in [5.41, 5.74) is 5.97. The molecular weight excluding hydrogens is 148 g/mol. The molecule has 12 heavy (non-hydrogen) atoms. The van der Waals surface area contributed by atoms with Crippen LogP contribution in [-0.2, 0) is 0 Å². The molecule has 2 N–H and O–H groups in total. The van der Waals surface area contributed by atoms with Gasteiger partial charge in [0.15, 0.2) is 0 Å². The van der Waals surface area contributed by atoms with Crippen molar-refractivity contribution in [3.63, 3.8) is 0 Å². The molecule has 0 saturated heterocycles. The Labute approximate surface area is 75.4 Å². The Kier molecular flexibility index (Phi) is 3.76. The maximum absolute atomic E-state index is 5.97. The lowest BCUT2D eigenvalue weighted by Gasteiger charge is -2.22. The van der Waals surface area contributed by atoms with E-state index >= 15 is 0 Å². The fraction of sp³-hybridized carbons (Fsp3) is 0.800. The van der Waals surface area contributed by atoms with Gasteiger partial charge in [-0.15, -0.1) is 6.58 Å². The lowest BCUT2D eigenvalue weighted by Crippen LogP contribution is -2.34. The van der Waals surface area contributed by atoms with Crippen molar-refractivity contribution in [1.82, 2.24) is 4.90 Å². The van der Waals surface area contributed by atoms with Gasteiger partial charge in [0.2, 0.25) is 0 Å². The molecule has 70 valence electrons. The summed E-state index contributed by atoms with van der Waals surface area (Å²) < 4.78 is 0. The molecule has 0 radical (unpaired) electrons. The minimum absolute atomic E-state index is 0.442. The van der Waals surface area contributed by atoms with E-state index in [9.17, 15) is 0 Å². The highest BCUT2D eigenvalue weighted by atomic mass is 15.1. The Hall–Kier alpha value is -0.340. The smallest absolute Gasteiger partial charge is 0.0157 e. The first-order chi connectivity index (χ1) is 5.74. The molecule has 1 rings (SSSR count). The molecule has 2 atom stereocenters. The normalized spacial score (nSPS) is 29.6. The monoisotopic (exact) mass is 168 g/mol. The summed E-state index contributed by atoms with van der Waals surface area (Å²) in [6.07, 6.45) is 5.78. The highest BCUT2D eigenvalue weighted by Gasteiger charge is 2.24. The van der Waals surface area contributed by atoms with Gasteiger partial charge in [-0.25, -0.2) is 0 Å². The summed E-state index contributed by atoms with van der Waals surface area (Å²) in [7, 11) is 2.13. The summed E-state index contributed by atoms with van der Waals surface area (Å²) in [4.78, 5) is 2.29. The second-order valence-electron chi connectivity index (χ2n) is 3.86. The van der Waals surface area contributed by atoms with Crippen LogP contribution < -0.4 is 5.73 Å². The molecule has 0 aromatic heterocycles. The minimum Gasteiger partial charge on any atom is -0.327 e. The SMILES string of the molecule is C=CCN(C)CC1CCCC1N. The maximum Gasteiger partial charge on any atom is 0.0157 e. The molecule has 0 bridgehead atoms. The second kappa shape index (κ2) is 4.63. The summed E-state index contributed by atoms with van der Waals surface area (Å²) in [5, 5.41) is 0. The predicted octanol–water partition coefficient (Wildman–Crippen LogP) is 1.23. The molecule has 2 heteroatoms. The van der Waals surface area contributed by atoms with Crippen LogP contribution in [0.5, 0.6) is 0 Å². The lowest BCUT2D eigenvalue weighted by molar-refractivity contribution is 0.288. The molecule has 0 aromatic rings. The Balaban J connectivity index is 2.24. The Morgan fingerprint density at radius 3 is 2.83 bits per heavy atom. The summed E-state index contributed by atoms with van der Waals surface area (Å²) in [6.45, 7) is 5.83. The van der Waals surface area contributed by atoms with E-state index in [1.807, 2.05) is 6.08 Å². The van der Waals surface area contributed by atoms with E-state index < -0.39 is 0 Å². The molecule has 0 heterocycles. The van der Waals surface area contributed by atoms with Gasteiger partial charge < -0.3 is 10.6 Å². The van der Waals surface area contributed by atoms with Gasteiger partial charge in [-0.1, -0.05) is 12.5 Å². The highest BCUT2D eigenvalue weighted by molar-refractivity contribution is 4.83. The third kappa shape index (κ3) is 2.61. The molecule has 0 spiro atoms. The van der Waals surface area contributed by atoms with E-state index in [1.165, 1.54) is 19.3 Å². The third-order valence-corrected chi connectivity index (χ3v) is 2.70. The van der Waals surface area contributed by atoms with Crippen LogP contribution in [0.3, 0.4) is 0 Å². The first-order valence-corrected chi connectivity index (χ1v) is 4.79. The van der Waals surface area contributed by atoms with Crippen molar-refractivity contribution >= 4 is 0 Å². The van der Waals surface area contributed by atoms with E-state index in [0.717, 1.165) is 19.0 Å². The molecular formula is C10H20N2. The third-order valence-electron chi connectivity index (χ3n) is 2.70. The Morgan fingerprint density at radius 2 is 2.33 bits per heavy atom. The average Bonchev–Trinajstić information content (AvgIpc) is 2.37. The van der Waals surface area contributed by atoms with Crippen molar-refractivity contribution in [3.05, 3.63) is 12.7 Å². The first kappa shape index (κ1) is 9.75. The molecule has 0 amide bonds. The molecule has 2 nitrogen and oxygen atoms in total. The predicted molar refractivity (Wildman–Crippen MR) is 53.0 cm³/mol. The molecule has 2 unspecified atom stereocenters. The zero-order chi connectivity index (χ0) is 8.97. The van der Waals surface area contributed by atoms with E-state index in [2.05, 4.69) is 18.5 Å². The van der Waals surface area contributed by atoms with Crippen LogP contribution in [-0.4, -0.2) is 31.1 Å². The summed E-state index contributed by atoms with van der Waals surface area (Å²) >= 11 is 0. The van der Waals surface area contributed by atoms with Crippen molar-refractivity contribution in [2.24, 2.45) is 11.7 Å². The fourth-order valence-electron chi connectivity index (χ4n) is 1.99. The lowest BCUT2D eigenvalue weighted by atomic mass is 10.0. The van der Waals surface area contributed by atoms with E-state index in [1.54, 1.807) is 0 Å². The summed E-state index contributed by atoms with van der Waals surface area (Å²) in [5.74, 6) is 0.718. The molecule has 1 saturated carbocycles. The van der Waals surface area contributed by atoms with Crippen LogP contribution in [0.4, 0.5) is 0 Å². The quantitative estimate of drug-likeness (QED) is 0.640. The van der Waals surface area contributed by atoms with Crippen LogP contribution in [0.25, 0.3) is 0 Å².